The number of anilines is 1. The first-order valence-electron chi connectivity index (χ1n) is 8.33. The Hall–Kier alpha value is -2.89. The van der Waals surface area contributed by atoms with Crippen molar-refractivity contribution in [2.45, 2.75) is 13.8 Å². The Morgan fingerprint density at radius 1 is 1.04 bits per heavy atom. The summed E-state index contributed by atoms with van der Waals surface area (Å²) in [6.07, 6.45) is 1.42. The van der Waals surface area contributed by atoms with Gasteiger partial charge in [-0.15, -0.1) is 0 Å². The largest absolute Gasteiger partial charge is 0.368 e. The Bertz CT molecular complexity index is 794. The third-order valence-corrected chi connectivity index (χ3v) is 4.75. The molecule has 2 aromatic rings. The molecule has 25 heavy (non-hydrogen) atoms. The molecule has 0 aliphatic carbocycles. The fourth-order valence-corrected chi connectivity index (χ4v) is 3.08. The SMILES string of the molecule is Cc1cccc(N2CCN(C(=O)c3ccc(C(N)=O)nc3)CC2)c1C. The number of aryl methyl sites for hydroxylation is 1. The van der Waals surface area contributed by atoms with E-state index >= 15 is 0 Å². The molecule has 1 fully saturated rings. The molecule has 2 N–H and O–H groups in total. The lowest BCUT2D eigenvalue weighted by molar-refractivity contribution is 0.0745. The van der Waals surface area contributed by atoms with Gasteiger partial charge in [0.05, 0.1) is 5.56 Å². The summed E-state index contributed by atoms with van der Waals surface area (Å²) in [5.74, 6) is -0.662. The van der Waals surface area contributed by atoms with Crippen molar-refractivity contribution < 1.29 is 9.59 Å². The molecular formula is C19H22N4O2. The molecular weight excluding hydrogens is 316 g/mol. The fraction of sp³-hybridized carbons (Fsp3) is 0.316. The van der Waals surface area contributed by atoms with E-state index in [0.717, 1.165) is 13.1 Å². The van der Waals surface area contributed by atoms with Crippen LogP contribution in [-0.4, -0.2) is 47.9 Å². The summed E-state index contributed by atoms with van der Waals surface area (Å²) in [5, 5.41) is 0. The highest BCUT2D eigenvalue weighted by atomic mass is 16.2. The van der Waals surface area contributed by atoms with Crippen molar-refractivity contribution in [3.63, 3.8) is 0 Å². The number of hydrogen-bond acceptors (Lipinski definition) is 4. The van der Waals surface area contributed by atoms with Crippen molar-refractivity contribution in [3.8, 4) is 0 Å². The third kappa shape index (κ3) is 3.47. The lowest BCUT2D eigenvalue weighted by atomic mass is 10.1. The summed E-state index contributed by atoms with van der Waals surface area (Å²) in [7, 11) is 0. The number of nitrogens with zero attached hydrogens (tertiary/aromatic N) is 3. The summed E-state index contributed by atoms with van der Waals surface area (Å²) in [4.78, 5) is 31.7. The Kier molecular flexibility index (Phi) is 4.70. The number of primary amides is 1. The van der Waals surface area contributed by atoms with Crippen LogP contribution in [0, 0.1) is 13.8 Å². The average Bonchev–Trinajstić information content (AvgIpc) is 2.64. The van der Waals surface area contributed by atoms with Crippen LogP contribution in [-0.2, 0) is 0 Å². The van der Waals surface area contributed by atoms with Crippen LogP contribution in [0.4, 0.5) is 5.69 Å². The number of pyridine rings is 1. The minimum absolute atomic E-state index is 0.0656. The first-order valence-corrected chi connectivity index (χ1v) is 8.33. The van der Waals surface area contributed by atoms with Crippen LogP contribution in [0.25, 0.3) is 0 Å². The molecule has 1 aromatic carbocycles. The number of rotatable bonds is 3. The van der Waals surface area contributed by atoms with Crippen molar-refractivity contribution in [3.05, 3.63) is 58.9 Å². The van der Waals surface area contributed by atoms with Gasteiger partial charge in [-0.25, -0.2) is 0 Å². The van der Waals surface area contributed by atoms with Crippen molar-refractivity contribution in [2.24, 2.45) is 5.73 Å². The lowest BCUT2D eigenvalue weighted by Gasteiger charge is -2.37. The second-order valence-electron chi connectivity index (χ2n) is 6.29. The molecule has 1 aliphatic heterocycles. The molecule has 3 rings (SSSR count). The summed E-state index contributed by atoms with van der Waals surface area (Å²) in [6, 6.07) is 9.41. The van der Waals surface area contributed by atoms with E-state index in [2.05, 4.69) is 41.9 Å². The number of aromatic nitrogens is 1. The van der Waals surface area contributed by atoms with Gasteiger partial charge in [0.25, 0.3) is 11.8 Å². The van der Waals surface area contributed by atoms with Gasteiger partial charge in [-0.1, -0.05) is 12.1 Å². The van der Waals surface area contributed by atoms with Gasteiger partial charge in [-0.3, -0.25) is 14.6 Å². The number of hydrogen-bond donors (Lipinski definition) is 1. The summed E-state index contributed by atoms with van der Waals surface area (Å²) >= 11 is 0. The number of benzene rings is 1. The van der Waals surface area contributed by atoms with E-state index in [0.29, 0.717) is 18.7 Å². The number of carbonyl (C=O) groups excluding carboxylic acids is 2. The molecule has 130 valence electrons. The smallest absolute Gasteiger partial charge is 0.267 e. The summed E-state index contributed by atoms with van der Waals surface area (Å²) < 4.78 is 0. The molecule has 1 aliphatic rings. The molecule has 6 heteroatoms. The Balaban J connectivity index is 1.66. The molecule has 0 bridgehead atoms. The molecule has 0 saturated carbocycles. The first-order chi connectivity index (χ1) is 12.0. The third-order valence-electron chi connectivity index (χ3n) is 4.75. The van der Waals surface area contributed by atoms with E-state index in [9.17, 15) is 9.59 Å². The molecule has 2 amide bonds. The van der Waals surface area contributed by atoms with Crippen LogP contribution in [0.5, 0.6) is 0 Å². The van der Waals surface area contributed by atoms with Crippen LogP contribution < -0.4 is 10.6 Å². The second-order valence-corrected chi connectivity index (χ2v) is 6.29. The van der Waals surface area contributed by atoms with E-state index in [1.165, 1.54) is 29.1 Å². The molecule has 0 atom stereocenters. The highest BCUT2D eigenvalue weighted by Gasteiger charge is 2.23. The van der Waals surface area contributed by atoms with Gasteiger partial charge < -0.3 is 15.5 Å². The van der Waals surface area contributed by atoms with E-state index in [4.69, 9.17) is 5.73 Å². The monoisotopic (exact) mass is 338 g/mol. The van der Waals surface area contributed by atoms with Gasteiger partial charge in [0, 0.05) is 38.1 Å². The highest BCUT2D eigenvalue weighted by molar-refractivity contribution is 5.95. The molecule has 0 spiro atoms. The van der Waals surface area contributed by atoms with E-state index in [1.807, 2.05) is 4.90 Å². The maximum absolute atomic E-state index is 12.6. The zero-order valence-corrected chi connectivity index (χ0v) is 14.5. The molecule has 0 radical (unpaired) electrons. The molecule has 1 saturated heterocycles. The van der Waals surface area contributed by atoms with E-state index in [1.54, 1.807) is 6.07 Å². The van der Waals surface area contributed by atoms with E-state index in [-0.39, 0.29) is 11.6 Å². The van der Waals surface area contributed by atoms with Gasteiger partial charge in [0.2, 0.25) is 0 Å². The van der Waals surface area contributed by atoms with Gasteiger partial charge in [-0.05, 0) is 43.2 Å². The van der Waals surface area contributed by atoms with Gasteiger partial charge in [0.1, 0.15) is 5.69 Å². The maximum atomic E-state index is 12.6. The number of carbonyl (C=O) groups is 2. The van der Waals surface area contributed by atoms with Crippen LogP contribution in [0.3, 0.4) is 0 Å². The minimum Gasteiger partial charge on any atom is -0.368 e. The zero-order valence-electron chi connectivity index (χ0n) is 14.5. The molecule has 6 nitrogen and oxygen atoms in total. The van der Waals surface area contributed by atoms with E-state index < -0.39 is 5.91 Å². The van der Waals surface area contributed by atoms with Gasteiger partial charge in [-0.2, -0.15) is 0 Å². The Labute approximate surface area is 147 Å². The van der Waals surface area contributed by atoms with Gasteiger partial charge in [0.15, 0.2) is 0 Å². The topological polar surface area (TPSA) is 79.5 Å². The predicted molar refractivity (Wildman–Crippen MR) is 96.8 cm³/mol. The summed E-state index contributed by atoms with van der Waals surface area (Å²) in [5.41, 5.74) is 9.61. The van der Waals surface area contributed by atoms with Crippen molar-refractivity contribution in [1.29, 1.82) is 0 Å². The van der Waals surface area contributed by atoms with Crippen LogP contribution >= 0.6 is 0 Å². The predicted octanol–water partition coefficient (Wildman–Crippen LogP) is 1.76. The minimum atomic E-state index is -0.596. The van der Waals surface area contributed by atoms with Crippen molar-refractivity contribution in [1.82, 2.24) is 9.88 Å². The van der Waals surface area contributed by atoms with Crippen LogP contribution in [0.2, 0.25) is 0 Å². The van der Waals surface area contributed by atoms with Gasteiger partial charge >= 0.3 is 0 Å². The highest BCUT2D eigenvalue weighted by Crippen LogP contribution is 2.24. The van der Waals surface area contributed by atoms with Crippen LogP contribution in [0.1, 0.15) is 32.0 Å². The Morgan fingerprint density at radius 2 is 1.76 bits per heavy atom. The Morgan fingerprint density at radius 3 is 2.36 bits per heavy atom. The van der Waals surface area contributed by atoms with Crippen LogP contribution in [0.15, 0.2) is 36.5 Å². The molecule has 0 unspecified atom stereocenters. The van der Waals surface area contributed by atoms with Crippen molar-refractivity contribution in [2.75, 3.05) is 31.1 Å². The first kappa shape index (κ1) is 17.0. The summed E-state index contributed by atoms with van der Waals surface area (Å²) in [6.45, 7) is 7.15. The normalized spacial score (nSPS) is 14.5. The lowest BCUT2D eigenvalue weighted by Crippen LogP contribution is -2.49. The molecule has 1 aromatic heterocycles. The number of piperazine rings is 1. The quantitative estimate of drug-likeness (QED) is 0.925. The second kappa shape index (κ2) is 6.93. The zero-order chi connectivity index (χ0) is 18.0. The fourth-order valence-electron chi connectivity index (χ4n) is 3.08. The van der Waals surface area contributed by atoms with Crippen molar-refractivity contribution >= 4 is 17.5 Å². The molecule has 2 heterocycles. The average molecular weight is 338 g/mol. The maximum Gasteiger partial charge on any atom is 0.267 e. The standard InChI is InChI=1S/C19H22N4O2/c1-13-4-3-5-17(14(13)2)22-8-10-23(11-9-22)19(25)15-6-7-16(18(20)24)21-12-15/h3-7,12H,8-11H2,1-2H3,(H2,20,24). The number of nitrogens with two attached hydrogens (primary N) is 1. The number of amides is 2.